The third kappa shape index (κ3) is 1.51. The molecule has 0 unspecified atom stereocenters. The molecule has 0 saturated heterocycles. The minimum absolute atomic E-state index is 0.0216. The second kappa shape index (κ2) is 3.07. The van der Waals surface area contributed by atoms with Gasteiger partial charge >= 0.3 is 0 Å². The Morgan fingerprint density at radius 1 is 1.36 bits per heavy atom. The molecule has 1 fully saturated rings. The summed E-state index contributed by atoms with van der Waals surface area (Å²) in [4.78, 5) is 0. The van der Waals surface area contributed by atoms with Gasteiger partial charge in [-0.05, 0) is 30.5 Å². The first-order valence-corrected chi connectivity index (χ1v) is 5.80. The van der Waals surface area contributed by atoms with E-state index in [1.165, 1.54) is 5.56 Å². The monoisotopic (exact) mass is 253 g/mol. The molecule has 0 aliphatic heterocycles. The Balaban J connectivity index is 2.38. The molecule has 0 bridgehead atoms. The van der Waals surface area contributed by atoms with E-state index >= 15 is 0 Å². The van der Waals surface area contributed by atoms with Crippen molar-refractivity contribution in [2.75, 3.05) is 0 Å². The van der Waals surface area contributed by atoms with Crippen molar-refractivity contribution in [2.24, 2.45) is 5.73 Å². The van der Waals surface area contributed by atoms with Crippen molar-refractivity contribution in [1.29, 1.82) is 0 Å². The molecule has 2 heteroatoms. The smallest absolute Gasteiger partial charge is 0.0248 e. The molecule has 0 heterocycles. The van der Waals surface area contributed by atoms with Crippen LogP contribution in [0.25, 0.3) is 0 Å². The van der Waals surface area contributed by atoms with Crippen LogP contribution in [0.4, 0.5) is 0 Å². The van der Waals surface area contributed by atoms with Gasteiger partial charge in [-0.2, -0.15) is 0 Å². The Bertz CT molecular complexity index is 353. The molecule has 0 radical (unpaired) electrons. The minimum atomic E-state index is 0.0216. The topological polar surface area (TPSA) is 26.0 Å². The number of rotatable bonds is 2. The van der Waals surface area contributed by atoms with Gasteiger partial charge in [-0.25, -0.2) is 0 Å². The second-order valence-corrected chi connectivity index (χ2v) is 5.71. The highest BCUT2D eigenvalue weighted by Crippen LogP contribution is 2.49. The third-order valence-electron chi connectivity index (χ3n) is 3.58. The predicted octanol–water partition coefficient (Wildman–Crippen LogP) is 3.22. The van der Waals surface area contributed by atoms with Gasteiger partial charge in [-0.3, -0.25) is 0 Å². The average molecular weight is 254 g/mol. The van der Waals surface area contributed by atoms with E-state index in [0.717, 1.165) is 17.3 Å². The molecule has 1 saturated carbocycles. The van der Waals surface area contributed by atoms with Crippen molar-refractivity contribution in [3.05, 3.63) is 34.3 Å². The zero-order chi connectivity index (χ0) is 10.4. The van der Waals surface area contributed by atoms with E-state index in [9.17, 15) is 0 Å². The molecule has 2 rings (SSSR count). The number of hydrogen-bond acceptors (Lipinski definition) is 1. The third-order valence-corrected chi connectivity index (χ3v) is 4.07. The lowest BCUT2D eigenvalue weighted by atomic mass is 9.76. The normalized spacial score (nSPS) is 19.4. The maximum absolute atomic E-state index is 6.29. The summed E-state index contributed by atoms with van der Waals surface area (Å²) in [5.74, 6) is 0. The Morgan fingerprint density at radius 2 is 2.00 bits per heavy atom. The van der Waals surface area contributed by atoms with Gasteiger partial charge in [-0.1, -0.05) is 41.9 Å². The molecule has 0 spiro atoms. The largest absolute Gasteiger partial charge is 0.324 e. The predicted molar refractivity (Wildman–Crippen MR) is 63.3 cm³/mol. The quantitative estimate of drug-likeness (QED) is 0.861. The number of hydrogen-bond donors (Lipinski definition) is 1. The molecule has 2 N–H and O–H groups in total. The highest BCUT2D eigenvalue weighted by atomic mass is 79.9. The van der Waals surface area contributed by atoms with Crippen LogP contribution in [0, 0.1) is 0 Å². The lowest BCUT2D eigenvalue weighted by molar-refractivity contribution is 0.391. The van der Waals surface area contributed by atoms with E-state index in [4.69, 9.17) is 5.73 Å². The van der Waals surface area contributed by atoms with Crippen LogP contribution in [0.15, 0.2) is 28.7 Å². The Kier molecular flexibility index (Phi) is 2.24. The summed E-state index contributed by atoms with van der Waals surface area (Å²) in [5.41, 5.74) is 7.72. The van der Waals surface area contributed by atoms with Crippen LogP contribution in [0.5, 0.6) is 0 Å². The standard InChI is InChI=1S/C12H16BrN/c1-11(2,12(14)6-7-12)9-4-3-5-10(13)8-9/h3-5,8H,6-7,14H2,1-2H3. The van der Waals surface area contributed by atoms with E-state index in [-0.39, 0.29) is 11.0 Å². The van der Waals surface area contributed by atoms with Crippen LogP contribution in [0.1, 0.15) is 32.3 Å². The molecule has 1 aliphatic rings. The maximum atomic E-state index is 6.29. The molecule has 1 aliphatic carbocycles. The summed E-state index contributed by atoms with van der Waals surface area (Å²) in [5, 5.41) is 0. The minimum Gasteiger partial charge on any atom is -0.324 e. The van der Waals surface area contributed by atoms with Crippen LogP contribution >= 0.6 is 15.9 Å². The highest BCUT2D eigenvalue weighted by Gasteiger charge is 2.51. The second-order valence-electron chi connectivity index (χ2n) is 4.79. The van der Waals surface area contributed by atoms with Crippen molar-refractivity contribution in [3.8, 4) is 0 Å². The van der Waals surface area contributed by atoms with Crippen molar-refractivity contribution >= 4 is 15.9 Å². The molecule has 0 aromatic heterocycles. The molecule has 14 heavy (non-hydrogen) atoms. The van der Waals surface area contributed by atoms with Crippen molar-refractivity contribution in [2.45, 2.75) is 37.6 Å². The average Bonchev–Trinajstić information content (AvgIpc) is 2.85. The summed E-state index contributed by atoms with van der Waals surface area (Å²) in [6.07, 6.45) is 2.29. The Morgan fingerprint density at radius 3 is 2.50 bits per heavy atom. The number of halogens is 1. The first-order valence-electron chi connectivity index (χ1n) is 5.01. The zero-order valence-electron chi connectivity index (χ0n) is 8.68. The van der Waals surface area contributed by atoms with Crippen molar-refractivity contribution in [3.63, 3.8) is 0 Å². The Labute approximate surface area is 93.8 Å². The van der Waals surface area contributed by atoms with E-state index in [1.54, 1.807) is 0 Å². The molecule has 1 nitrogen and oxygen atoms in total. The van der Waals surface area contributed by atoms with Gasteiger partial charge in [-0.15, -0.1) is 0 Å². The fourth-order valence-electron chi connectivity index (χ4n) is 1.92. The van der Waals surface area contributed by atoms with Gasteiger partial charge in [0.15, 0.2) is 0 Å². The molecule has 76 valence electrons. The number of benzene rings is 1. The van der Waals surface area contributed by atoms with Crippen molar-refractivity contribution < 1.29 is 0 Å². The van der Waals surface area contributed by atoms with E-state index in [0.29, 0.717) is 0 Å². The summed E-state index contributed by atoms with van der Waals surface area (Å²) < 4.78 is 1.13. The molecular formula is C12H16BrN. The van der Waals surface area contributed by atoms with Crippen LogP contribution in [0.3, 0.4) is 0 Å². The van der Waals surface area contributed by atoms with Gasteiger partial charge < -0.3 is 5.73 Å². The fraction of sp³-hybridized carbons (Fsp3) is 0.500. The van der Waals surface area contributed by atoms with Gasteiger partial charge in [0.2, 0.25) is 0 Å². The van der Waals surface area contributed by atoms with E-state index in [2.05, 4.69) is 54.0 Å². The number of nitrogens with two attached hydrogens (primary N) is 1. The lowest BCUT2D eigenvalue weighted by Crippen LogP contribution is -2.43. The van der Waals surface area contributed by atoms with Gasteiger partial charge in [0.05, 0.1) is 0 Å². The van der Waals surface area contributed by atoms with Gasteiger partial charge in [0.25, 0.3) is 0 Å². The molecular weight excluding hydrogens is 238 g/mol. The van der Waals surface area contributed by atoms with Crippen LogP contribution < -0.4 is 5.73 Å². The maximum Gasteiger partial charge on any atom is 0.0248 e. The fourth-order valence-corrected chi connectivity index (χ4v) is 2.32. The first-order chi connectivity index (χ1) is 6.46. The lowest BCUT2D eigenvalue weighted by Gasteiger charge is -2.32. The molecule has 1 aromatic carbocycles. The van der Waals surface area contributed by atoms with E-state index < -0.39 is 0 Å². The van der Waals surface area contributed by atoms with Crippen LogP contribution in [-0.2, 0) is 5.41 Å². The molecule has 1 aromatic rings. The first kappa shape index (κ1) is 10.2. The zero-order valence-corrected chi connectivity index (χ0v) is 10.3. The summed E-state index contributed by atoms with van der Waals surface area (Å²) in [6.45, 7) is 4.48. The van der Waals surface area contributed by atoms with Crippen LogP contribution in [0.2, 0.25) is 0 Å². The molecule has 0 atom stereocenters. The summed E-state index contributed by atoms with van der Waals surface area (Å²) in [6, 6.07) is 8.47. The van der Waals surface area contributed by atoms with Crippen molar-refractivity contribution in [1.82, 2.24) is 0 Å². The van der Waals surface area contributed by atoms with E-state index in [1.807, 2.05) is 0 Å². The van der Waals surface area contributed by atoms with Gasteiger partial charge in [0.1, 0.15) is 0 Å². The van der Waals surface area contributed by atoms with Gasteiger partial charge in [0, 0.05) is 15.4 Å². The summed E-state index contributed by atoms with van der Waals surface area (Å²) >= 11 is 3.50. The Hall–Kier alpha value is -0.340. The highest BCUT2D eigenvalue weighted by molar-refractivity contribution is 9.10. The SMILES string of the molecule is CC(C)(c1cccc(Br)c1)C1(N)CC1. The summed E-state index contributed by atoms with van der Waals surface area (Å²) in [7, 11) is 0. The molecule has 0 amide bonds. The van der Waals surface area contributed by atoms with Crippen LogP contribution in [-0.4, -0.2) is 5.54 Å².